The van der Waals surface area contributed by atoms with Crippen molar-refractivity contribution in [1.29, 1.82) is 0 Å². The van der Waals surface area contributed by atoms with Gasteiger partial charge in [0.15, 0.2) is 0 Å². The molecule has 0 rings (SSSR count). The minimum Gasteiger partial charge on any atom is -0.549 e. The number of aliphatic hydroxyl groups is 1. The molecule has 0 aromatic rings. The Kier molecular flexibility index (Phi) is 41.6. The Labute approximate surface area is 295 Å². The second kappa shape index (κ2) is 30.2. The summed E-state index contributed by atoms with van der Waals surface area (Å²) in [6.07, 6.45) is 0. The van der Waals surface area contributed by atoms with Crippen LogP contribution in [0.5, 0.6) is 0 Å². The molecule has 0 aliphatic heterocycles. The molecule has 0 aromatic heterocycles. The molecule has 0 radical (unpaired) electrons. The molecule has 0 spiro atoms. The maximum Gasteiger partial charge on any atom is 1.00 e. The van der Waals surface area contributed by atoms with Crippen molar-refractivity contribution in [3.8, 4) is 0 Å². The first kappa shape index (κ1) is 49.6. The molecule has 0 bridgehead atoms. The average molecular weight is 557 g/mol. The monoisotopic (exact) mass is 557 g/mol. The van der Waals surface area contributed by atoms with Crippen LogP contribution in [0.15, 0.2) is 0 Å². The van der Waals surface area contributed by atoms with Gasteiger partial charge >= 0.3 is 130 Å². The molecule has 0 unspecified atom stereocenters. The first-order chi connectivity index (χ1) is 14.8. The van der Waals surface area contributed by atoms with E-state index in [-0.39, 0.29) is 158 Å². The smallest absolute Gasteiger partial charge is 0.549 e. The van der Waals surface area contributed by atoms with Crippen LogP contribution in [0.1, 0.15) is 0 Å². The van der Waals surface area contributed by atoms with Crippen molar-refractivity contribution in [2.75, 3.05) is 65.5 Å². The van der Waals surface area contributed by atoms with Crippen LogP contribution < -0.4 is 139 Å². The van der Waals surface area contributed by atoms with Crippen molar-refractivity contribution < 1.29 is 183 Å². The molecule has 0 saturated carbocycles. The summed E-state index contributed by atoms with van der Waals surface area (Å²) < 4.78 is 0. The fourth-order valence-electron chi connectivity index (χ4n) is 2.18. The van der Waals surface area contributed by atoms with Crippen molar-refractivity contribution in [3.05, 3.63) is 0 Å². The van der Waals surface area contributed by atoms with Crippen molar-refractivity contribution in [2.24, 2.45) is 0 Å². The van der Waals surface area contributed by atoms with Crippen LogP contribution in [0.2, 0.25) is 0 Å². The summed E-state index contributed by atoms with van der Waals surface area (Å²) in [5.41, 5.74) is 0. The molecule has 0 aliphatic carbocycles. The van der Waals surface area contributed by atoms with E-state index < -0.39 is 62.0 Å². The Hall–Kier alpha value is 0.660. The molecule has 0 aliphatic rings. The number of carboxylic acids is 6. The number of nitrogens with zero attached hydrogens (tertiary/aromatic N) is 3. The van der Waals surface area contributed by atoms with Gasteiger partial charge < -0.3 is 54.9 Å². The van der Waals surface area contributed by atoms with E-state index in [1.54, 1.807) is 0 Å². The van der Waals surface area contributed by atoms with Gasteiger partial charge in [-0.05, 0) is 0 Å². The van der Waals surface area contributed by atoms with Crippen molar-refractivity contribution in [1.82, 2.24) is 14.7 Å². The SMILES string of the molecule is O=C(O)CN(CCO)CC(=O)O.O=C([O-])CN(CCN(CC(=O)[O-])CC(=O)[O-])CC(=O)[O-].[Na+].[Na+].[Na+].[Na+]. The van der Waals surface area contributed by atoms with Gasteiger partial charge in [-0.15, -0.1) is 0 Å². The van der Waals surface area contributed by atoms with E-state index in [2.05, 4.69) is 0 Å². The molecular weight excluding hydrogens is 534 g/mol. The third-order valence-electron chi connectivity index (χ3n) is 3.28. The van der Waals surface area contributed by atoms with Gasteiger partial charge in [-0.1, -0.05) is 0 Å². The number of carbonyl (C=O) groups excluding carboxylic acids is 4. The van der Waals surface area contributed by atoms with Crippen LogP contribution in [0, 0.1) is 0 Å². The van der Waals surface area contributed by atoms with Gasteiger partial charge in [0, 0.05) is 45.8 Å². The van der Waals surface area contributed by atoms with Crippen molar-refractivity contribution >= 4 is 35.8 Å². The minimum absolute atomic E-state index is 0. The second-order valence-electron chi connectivity index (χ2n) is 6.13. The van der Waals surface area contributed by atoms with Gasteiger partial charge in [-0.3, -0.25) is 24.3 Å². The Balaban J connectivity index is -0.000000123. The molecule has 0 saturated heterocycles. The number of carboxylic acid groups (broad SMARTS) is 6. The summed E-state index contributed by atoms with van der Waals surface area (Å²) in [6.45, 7) is -4.18. The molecule has 16 nitrogen and oxygen atoms in total. The number of aliphatic hydroxyl groups excluding tert-OH is 1. The number of hydrogen-bond acceptors (Lipinski definition) is 14. The Morgan fingerprint density at radius 2 is 0.694 bits per heavy atom. The first-order valence-corrected chi connectivity index (χ1v) is 8.77. The minimum atomic E-state index is -1.53. The Morgan fingerprint density at radius 1 is 0.472 bits per heavy atom. The number of aliphatic carboxylic acids is 6. The molecule has 184 valence electrons. The first-order valence-electron chi connectivity index (χ1n) is 8.77. The summed E-state index contributed by atoms with van der Waals surface area (Å²) in [6, 6.07) is 0. The largest absolute Gasteiger partial charge is 1.00 e. The average Bonchev–Trinajstić information content (AvgIpc) is 2.57. The summed E-state index contributed by atoms with van der Waals surface area (Å²) in [5, 5.41) is 66.7. The fourth-order valence-corrected chi connectivity index (χ4v) is 2.18. The normalized spacial score (nSPS) is 9.33. The van der Waals surface area contributed by atoms with Gasteiger partial charge in [0.05, 0.1) is 43.6 Å². The summed E-state index contributed by atoms with van der Waals surface area (Å²) in [7, 11) is 0. The van der Waals surface area contributed by atoms with E-state index in [1.807, 2.05) is 0 Å². The molecule has 0 fully saturated rings. The molecule has 0 heterocycles. The van der Waals surface area contributed by atoms with E-state index in [0.29, 0.717) is 0 Å². The third kappa shape index (κ3) is 36.8. The van der Waals surface area contributed by atoms with Gasteiger partial charge in [0.1, 0.15) is 0 Å². The predicted molar refractivity (Wildman–Crippen MR) is 91.7 cm³/mol. The molecule has 0 atom stereocenters. The van der Waals surface area contributed by atoms with E-state index in [9.17, 15) is 49.2 Å². The number of hydrogen-bond donors (Lipinski definition) is 3. The molecule has 0 aromatic carbocycles. The fraction of sp³-hybridized carbons (Fsp3) is 0.625. The van der Waals surface area contributed by atoms with Crippen LogP contribution in [0.25, 0.3) is 0 Å². The Morgan fingerprint density at radius 3 is 0.861 bits per heavy atom. The zero-order valence-corrected chi connectivity index (χ0v) is 28.8. The third-order valence-corrected chi connectivity index (χ3v) is 3.28. The zero-order chi connectivity index (χ0) is 25.3. The summed E-state index contributed by atoms with van der Waals surface area (Å²) >= 11 is 0. The van der Waals surface area contributed by atoms with Gasteiger partial charge in [0.2, 0.25) is 0 Å². The van der Waals surface area contributed by atoms with Gasteiger partial charge in [0.25, 0.3) is 0 Å². The summed E-state index contributed by atoms with van der Waals surface area (Å²) in [4.78, 5) is 64.9. The molecule has 3 N–H and O–H groups in total. The topological polar surface area (TPSA) is 265 Å². The Bertz CT molecular complexity index is 589. The predicted octanol–water partition coefficient (Wildman–Crippen LogP) is -20.9. The van der Waals surface area contributed by atoms with E-state index >= 15 is 0 Å². The van der Waals surface area contributed by atoms with Crippen LogP contribution in [0.4, 0.5) is 0 Å². The van der Waals surface area contributed by atoms with E-state index in [0.717, 1.165) is 14.7 Å². The number of rotatable bonds is 17. The zero-order valence-electron chi connectivity index (χ0n) is 20.8. The summed E-state index contributed by atoms with van der Waals surface area (Å²) in [5.74, 6) is -8.33. The van der Waals surface area contributed by atoms with Crippen LogP contribution >= 0.6 is 0 Å². The van der Waals surface area contributed by atoms with Crippen molar-refractivity contribution in [2.45, 2.75) is 0 Å². The molecule has 20 heteroatoms. The van der Waals surface area contributed by atoms with Crippen LogP contribution in [-0.2, 0) is 28.8 Å². The quantitative estimate of drug-likeness (QED) is 0.140. The van der Waals surface area contributed by atoms with Gasteiger partial charge in [-0.25, -0.2) is 0 Å². The van der Waals surface area contributed by atoms with E-state index in [1.165, 1.54) is 0 Å². The maximum absolute atomic E-state index is 10.4. The number of carbonyl (C=O) groups is 6. The van der Waals surface area contributed by atoms with Crippen molar-refractivity contribution in [3.63, 3.8) is 0 Å². The van der Waals surface area contributed by atoms with Crippen LogP contribution in [-0.4, -0.2) is 131 Å². The molecular formula is C16H23N3Na4O13. The second-order valence-corrected chi connectivity index (χ2v) is 6.13. The molecule has 36 heavy (non-hydrogen) atoms. The maximum atomic E-state index is 10.4. The molecule has 0 amide bonds. The van der Waals surface area contributed by atoms with E-state index in [4.69, 9.17) is 15.3 Å². The van der Waals surface area contributed by atoms with Crippen LogP contribution in [0.3, 0.4) is 0 Å². The van der Waals surface area contributed by atoms with Gasteiger partial charge in [-0.2, -0.15) is 0 Å². The standard InChI is InChI=1S/C10H16N2O8.C6H11NO5.4Na/c13-7(14)3-11(4-8(15)16)1-2-12(5-9(17)18)6-10(19)20;8-2-1-7(3-5(9)10)4-6(11)12;;;;/h1-6H2,(H,13,14)(H,15,16)(H,17,18)(H,19,20);8H,1-4H2,(H,9,10)(H,11,12);;;;/q;;4*+1/p-4.